The zero-order valence-electron chi connectivity index (χ0n) is 16.3. The Morgan fingerprint density at radius 2 is 1.93 bits per heavy atom. The van der Waals surface area contributed by atoms with E-state index in [9.17, 15) is 4.79 Å². The quantitative estimate of drug-likeness (QED) is 0.742. The van der Waals surface area contributed by atoms with Gasteiger partial charge in [0.15, 0.2) is 5.82 Å². The predicted octanol–water partition coefficient (Wildman–Crippen LogP) is 2.33. The highest BCUT2D eigenvalue weighted by Gasteiger charge is 2.31. The molecular weight excluding hydrogens is 366 g/mol. The van der Waals surface area contributed by atoms with Crippen LogP contribution in [-0.4, -0.2) is 40.4 Å². The number of nitrogens with one attached hydrogen (secondary N) is 1. The maximum Gasteiger partial charge on any atom is 0.247 e. The highest BCUT2D eigenvalue weighted by Crippen LogP contribution is 2.32. The van der Waals surface area contributed by atoms with Crippen molar-refractivity contribution in [3.05, 3.63) is 71.8 Å². The number of nitrogens with zero attached hydrogens (tertiary/aromatic N) is 4. The second kappa shape index (κ2) is 7.33. The summed E-state index contributed by atoms with van der Waals surface area (Å²) in [5.74, 6) is 2.68. The Hall–Kier alpha value is -3.19. The summed E-state index contributed by atoms with van der Waals surface area (Å²) in [6.07, 6.45) is 1.02. The highest BCUT2D eigenvalue weighted by atomic mass is 16.5. The maximum atomic E-state index is 12.8. The summed E-state index contributed by atoms with van der Waals surface area (Å²) in [5, 5.41) is 7.92. The van der Waals surface area contributed by atoms with Crippen LogP contribution in [0.15, 0.2) is 54.6 Å². The van der Waals surface area contributed by atoms with E-state index in [1.165, 1.54) is 5.56 Å². The SMILES string of the molecule is CN1C(=O)[C@@H](NCc2nc3n(n2)CCC3c2ccccc2)COc2ccccc21. The first-order valence-corrected chi connectivity index (χ1v) is 9.92. The molecule has 3 aromatic rings. The molecule has 0 fully saturated rings. The minimum Gasteiger partial charge on any atom is -0.489 e. The standard InChI is InChI=1S/C22H23N5O2/c1-26-18-9-5-6-10-19(18)29-14-17(22(26)28)23-13-20-24-21-16(11-12-27(21)25-20)15-7-3-2-4-8-15/h2-10,16-17,23H,11-14H2,1H3/t16?,17-/m0/s1. The van der Waals surface area contributed by atoms with E-state index < -0.39 is 6.04 Å². The Labute approximate surface area is 169 Å². The molecule has 2 aromatic carbocycles. The van der Waals surface area contributed by atoms with Crippen molar-refractivity contribution in [1.82, 2.24) is 20.1 Å². The number of fused-ring (bicyclic) bond motifs is 2. The number of hydrogen-bond donors (Lipinski definition) is 1. The number of hydrogen-bond acceptors (Lipinski definition) is 5. The third-order valence-electron chi connectivity index (χ3n) is 5.65. The lowest BCUT2D eigenvalue weighted by atomic mass is 9.97. The number of aryl methyl sites for hydroxylation is 1. The number of aromatic nitrogens is 3. The summed E-state index contributed by atoms with van der Waals surface area (Å²) in [5.41, 5.74) is 2.05. The van der Waals surface area contributed by atoms with Gasteiger partial charge in [-0.15, -0.1) is 0 Å². The van der Waals surface area contributed by atoms with Gasteiger partial charge in [-0.25, -0.2) is 9.67 Å². The minimum absolute atomic E-state index is 0.0242. The summed E-state index contributed by atoms with van der Waals surface area (Å²) >= 11 is 0. The first kappa shape index (κ1) is 17.9. The van der Waals surface area contributed by atoms with Crippen molar-refractivity contribution in [3.63, 3.8) is 0 Å². The molecule has 1 N–H and O–H groups in total. The Morgan fingerprint density at radius 3 is 2.79 bits per heavy atom. The number of ether oxygens (including phenoxy) is 1. The van der Waals surface area contributed by atoms with Crippen LogP contribution in [0.25, 0.3) is 0 Å². The molecule has 3 heterocycles. The van der Waals surface area contributed by atoms with Crippen LogP contribution in [0.1, 0.15) is 29.6 Å². The summed E-state index contributed by atoms with van der Waals surface area (Å²) in [6, 6.07) is 17.6. The number of benzene rings is 2. The van der Waals surface area contributed by atoms with Crippen molar-refractivity contribution in [2.24, 2.45) is 0 Å². The number of amides is 1. The molecule has 2 aliphatic heterocycles. The zero-order chi connectivity index (χ0) is 19.8. The number of anilines is 1. The second-order valence-corrected chi connectivity index (χ2v) is 7.47. The minimum atomic E-state index is -0.448. The van der Waals surface area contributed by atoms with Gasteiger partial charge in [0.25, 0.3) is 0 Å². The predicted molar refractivity (Wildman–Crippen MR) is 109 cm³/mol. The van der Waals surface area contributed by atoms with Crippen molar-refractivity contribution >= 4 is 11.6 Å². The summed E-state index contributed by atoms with van der Waals surface area (Å²) < 4.78 is 7.84. The Morgan fingerprint density at radius 1 is 1.14 bits per heavy atom. The lowest BCUT2D eigenvalue weighted by Gasteiger charge is -2.19. The molecule has 0 saturated heterocycles. The molecule has 2 atom stereocenters. The van der Waals surface area contributed by atoms with E-state index in [1.807, 2.05) is 35.0 Å². The van der Waals surface area contributed by atoms with Crippen molar-refractivity contribution in [2.45, 2.75) is 31.5 Å². The van der Waals surface area contributed by atoms with Crippen molar-refractivity contribution < 1.29 is 9.53 Å². The topological polar surface area (TPSA) is 72.3 Å². The first-order valence-electron chi connectivity index (χ1n) is 9.92. The average molecular weight is 389 g/mol. The van der Waals surface area contributed by atoms with Gasteiger partial charge in [0.1, 0.15) is 24.2 Å². The van der Waals surface area contributed by atoms with E-state index in [2.05, 4.69) is 34.7 Å². The Kier molecular flexibility index (Phi) is 4.52. The van der Waals surface area contributed by atoms with Crippen LogP contribution in [0.4, 0.5) is 5.69 Å². The van der Waals surface area contributed by atoms with E-state index in [-0.39, 0.29) is 18.4 Å². The maximum absolute atomic E-state index is 12.8. The van der Waals surface area contributed by atoms with Crippen LogP contribution in [0.5, 0.6) is 5.75 Å². The van der Waals surface area contributed by atoms with Crippen LogP contribution in [0.3, 0.4) is 0 Å². The molecular formula is C22H23N5O2. The molecule has 7 heteroatoms. The van der Waals surface area contributed by atoms with Crippen LogP contribution >= 0.6 is 0 Å². The van der Waals surface area contributed by atoms with Crippen LogP contribution in [-0.2, 0) is 17.9 Å². The number of carbonyl (C=O) groups excluding carboxylic acids is 1. The molecule has 7 nitrogen and oxygen atoms in total. The molecule has 0 saturated carbocycles. The van der Waals surface area contributed by atoms with Gasteiger partial charge in [0.2, 0.25) is 5.91 Å². The van der Waals surface area contributed by atoms with Gasteiger partial charge in [-0.1, -0.05) is 42.5 Å². The normalized spacial score (nSPS) is 20.7. The number of carbonyl (C=O) groups is 1. The van der Waals surface area contributed by atoms with Gasteiger partial charge in [0, 0.05) is 19.5 Å². The fraction of sp³-hybridized carbons (Fsp3) is 0.318. The van der Waals surface area contributed by atoms with Crippen molar-refractivity contribution in [2.75, 3.05) is 18.6 Å². The van der Waals surface area contributed by atoms with Gasteiger partial charge in [-0.2, -0.15) is 5.10 Å². The smallest absolute Gasteiger partial charge is 0.247 e. The Balaban J connectivity index is 1.29. The molecule has 0 aliphatic carbocycles. The molecule has 148 valence electrons. The van der Waals surface area contributed by atoms with Crippen LogP contribution in [0.2, 0.25) is 0 Å². The first-order chi connectivity index (χ1) is 14.2. The van der Waals surface area contributed by atoms with Crippen LogP contribution in [0, 0.1) is 0 Å². The third-order valence-corrected chi connectivity index (χ3v) is 5.65. The van der Waals surface area contributed by atoms with Gasteiger partial charge in [-0.05, 0) is 24.1 Å². The monoisotopic (exact) mass is 389 g/mol. The highest BCUT2D eigenvalue weighted by molar-refractivity contribution is 5.98. The Bertz CT molecular complexity index is 1030. The molecule has 0 spiro atoms. The summed E-state index contributed by atoms with van der Waals surface area (Å²) in [4.78, 5) is 19.3. The fourth-order valence-corrected chi connectivity index (χ4v) is 4.10. The van der Waals surface area contributed by atoms with E-state index in [1.54, 1.807) is 11.9 Å². The van der Waals surface area contributed by atoms with Crippen molar-refractivity contribution in [3.8, 4) is 5.75 Å². The van der Waals surface area contributed by atoms with Gasteiger partial charge in [0.05, 0.1) is 12.2 Å². The molecule has 0 bridgehead atoms. The molecule has 1 aromatic heterocycles. The summed E-state index contributed by atoms with van der Waals surface area (Å²) in [6.45, 7) is 1.57. The molecule has 0 radical (unpaired) electrons. The molecule has 5 rings (SSSR count). The number of para-hydroxylation sites is 2. The van der Waals surface area contributed by atoms with Gasteiger partial charge >= 0.3 is 0 Å². The zero-order valence-corrected chi connectivity index (χ0v) is 16.3. The van der Waals surface area contributed by atoms with E-state index in [4.69, 9.17) is 9.72 Å². The number of likely N-dealkylation sites (N-methyl/N-ethyl adjacent to an activating group) is 1. The second-order valence-electron chi connectivity index (χ2n) is 7.47. The number of rotatable bonds is 4. The lowest BCUT2D eigenvalue weighted by molar-refractivity contribution is -0.120. The molecule has 1 unspecified atom stereocenters. The third kappa shape index (κ3) is 3.27. The van der Waals surface area contributed by atoms with E-state index in [0.29, 0.717) is 12.4 Å². The van der Waals surface area contributed by atoms with Gasteiger partial charge < -0.3 is 9.64 Å². The van der Waals surface area contributed by atoms with Crippen LogP contribution < -0.4 is 15.0 Å². The molecule has 29 heavy (non-hydrogen) atoms. The lowest BCUT2D eigenvalue weighted by Crippen LogP contribution is -2.46. The van der Waals surface area contributed by atoms with Crippen molar-refractivity contribution in [1.29, 1.82) is 0 Å². The average Bonchev–Trinajstić information content (AvgIpc) is 3.31. The van der Waals surface area contributed by atoms with E-state index >= 15 is 0 Å². The largest absolute Gasteiger partial charge is 0.489 e. The molecule has 1 amide bonds. The van der Waals surface area contributed by atoms with Gasteiger partial charge in [-0.3, -0.25) is 10.1 Å². The summed E-state index contributed by atoms with van der Waals surface area (Å²) in [7, 11) is 1.78. The molecule has 2 aliphatic rings. The van der Waals surface area contributed by atoms with E-state index in [0.717, 1.165) is 30.2 Å². The fourth-order valence-electron chi connectivity index (χ4n) is 4.10.